The van der Waals surface area contributed by atoms with E-state index in [1.54, 1.807) is 12.1 Å². The monoisotopic (exact) mass is 269 g/mol. The predicted molar refractivity (Wildman–Crippen MR) is 57.8 cm³/mol. The van der Waals surface area contributed by atoms with Gasteiger partial charge in [-0.25, -0.2) is 0 Å². The van der Waals surface area contributed by atoms with Crippen molar-refractivity contribution in [3.8, 4) is 5.75 Å². The Hall–Kier alpha value is -1.36. The Kier molecular flexibility index (Phi) is 2.48. The molecule has 1 aliphatic rings. The van der Waals surface area contributed by atoms with Crippen molar-refractivity contribution in [2.45, 2.75) is 6.42 Å². The number of hydrogen-bond donors (Lipinski definition) is 1. The molecule has 0 unspecified atom stereocenters. The van der Waals surface area contributed by atoms with Crippen LogP contribution in [0.1, 0.15) is 6.42 Å². The SMILES string of the molecule is O=C1CC(=O)N(c2cc(Br)ccc2O)C1. The highest BCUT2D eigenvalue weighted by Crippen LogP contribution is 2.32. The smallest absolute Gasteiger partial charge is 0.235 e. The number of benzene rings is 1. The highest BCUT2D eigenvalue weighted by atomic mass is 79.9. The Balaban J connectivity index is 2.41. The molecule has 0 saturated carbocycles. The number of carbonyl (C=O) groups excluding carboxylic acids is 2. The number of nitrogens with zero attached hydrogens (tertiary/aromatic N) is 1. The van der Waals surface area contributed by atoms with Crippen LogP contribution in [0.4, 0.5) is 5.69 Å². The van der Waals surface area contributed by atoms with Gasteiger partial charge in [0.15, 0.2) is 5.78 Å². The van der Waals surface area contributed by atoms with Gasteiger partial charge in [-0.3, -0.25) is 9.59 Å². The first-order valence-electron chi connectivity index (χ1n) is 4.38. The number of rotatable bonds is 1. The number of aromatic hydroxyl groups is 1. The average molecular weight is 270 g/mol. The van der Waals surface area contributed by atoms with Gasteiger partial charge in [-0.2, -0.15) is 0 Å². The molecule has 5 heteroatoms. The number of Topliss-reactive ketones (excluding diaryl/α,β-unsaturated/α-hetero) is 1. The molecule has 0 aromatic heterocycles. The summed E-state index contributed by atoms with van der Waals surface area (Å²) in [5.74, 6) is -0.394. The van der Waals surface area contributed by atoms with Crippen molar-refractivity contribution >= 4 is 33.3 Å². The summed E-state index contributed by atoms with van der Waals surface area (Å²) in [5, 5.41) is 9.57. The molecule has 1 amide bonds. The summed E-state index contributed by atoms with van der Waals surface area (Å²) in [5.41, 5.74) is 0.375. The molecule has 1 aromatic rings. The third kappa shape index (κ3) is 1.87. The summed E-state index contributed by atoms with van der Waals surface area (Å²) in [4.78, 5) is 23.8. The Labute approximate surface area is 94.6 Å². The lowest BCUT2D eigenvalue weighted by atomic mass is 10.2. The van der Waals surface area contributed by atoms with Crippen LogP contribution in [0, 0.1) is 0 Å². The number of phenols is 1. The van der Waals surface area contributed by atoms with E-state index in [1.807, 2.05) is 0 Å². The van der Waals surface area contributed by atoms with Crippen molar-refractivity contribution in [2.24, 2.45) is 0 Å². The molecule has 78 valence electrons. The van der Waals surface area contributed by atoms with Gasteiger partial charge in [0.25, 0.3) is 0 Å². The van der Waals surface area contributed by atoms with E-state index in [1.165, 1.54) is 11.0 Å². The maximum absolute atomic E-state index is 11.4. The molecule has 1 aliphatic heterocycles. The van der Waals surface area contributed by atoms with E-state index in [9.17, 15) is 14.7 Å². The lowest BCUT2D eigenvalue weighted by Crippen LogP contribution is -2.24. The average Bonchev–Trinajstić information content (AvgIpc) is 2.50. The first-order chi connectivity index (χ1) is 7.08. The van der Waals surface area contributed by atoms with Crippen LogP contribution < -0.4 is 4.90 Å². The van der Waals surface area contributed by atoms with Gasteiger partial charge >= 0.3 is 0 Å². The Morgan fingerprint density at radius 2 is 2.07 bits per heavy atom. The zero-order valence-corrected chi connectivity index (χ0v) is 9.32. The number of phenolic OH excluding ortho intramolecular Hbond substituents is 1. The molecule has 0 spiro atoms. The van der Waals surface area contributed by atoms with Gasteiger partial charge in [-0.15, -0.1) is 0 Å². The zero-order chi connectivity index (χ0) is 11.0. The van der Waals surface area contributed by atoms with E-state index in [0.717, 1.165) is 4.47 Å². The lowest BCUT2D eigenvalue weighted by Gasteiger charge is -2.16. The Morgan fingerprint density at radius 3 is 2.67 bits per heavy atom. The molecule has 2 rings (SSSR count). The number of hydrogen-bond acceptors (Lipinski definition) is 3. The van der Waals surface area contributed by atoms with Crippen LogP contribution in [0.15, 0.2) is 22.7 Å². The van der Waals surface area contributed by atoms with Crippen LogP contribution in [-0.2, 0) is 9.59 Å². The largest absolute Gasteiger partial charge is 0.506 e. The van der Waals surface area contributed by atoms with Crippen molar-refractivity contribution in [3.05, 3.63) is 22.7 Å². The molecule has 1 heterocycles. The van der Waals surface area contributed by atoms with Crippen molar-refractivity contribution in [3.63, 3.8) is 0 Å². The fourth-order valence-corrected chi connectivity index (χ4v) is 1.87. The second kappa shape index (κ2) is 3.66. The maximum atomic E-state index is 11.4. The quantitative estimate of drug-likeness (QED) is 0.786. The number of carbonyl (C=O) groups is 2. The van der Waals surface area contributed by atoms with Gasteiger partial charge < -0.3 is 10.0 Å². The van der Waals surface area contributed by atoms with Crippen LogP contribution in [0.2, 0.25) is 0 Å². The van der Waals surface area contributed by atoms with E-state index in [2.05, 4.69) is 15.9 Å². The third-order valence-electron chi connectivity index (χ3n) is 2.21. The fourth-order valence-electron chi connectivity index (χ4n) is 1.52. The molecular weight excluding hydrogens is 262 g/mol. The lowest BCUT2D eigenvalue weighted by molar-refractivity contribution is -0.121. The van der Waals surface area contributed by atoms with Gasteiger partial charge in [-0.05, 0) is 18.2 Å². The zero-order valence-electron chi connectivity index (χ0n) is 7.74. The van der Waals surface area contributed by atoms with E-state index >= 15 is 0 Å². The van der Waals surface area contributed by atoms with Gasteiger partial charge in [0.1, 0.15) is 5.75 Å². The molecule has 1 aromatic carbocycles. The highest BCUT2D eigenvalue weighted by Gasteiger charge is 2.30. The Morgan fingerprint density at radius 1 is 1.33 bits per heavy atom. The van der Waals surface area contributed by atoms with Crippen molar-refractivity contribution in [1.82, 2.24) is 0 Å². The second-order valence-corrected chi connectivity index (χ2v) is 4.24. The summed E-state index contributed by atoms with van der Waals surface area (Å²) in [6.45, 7) is 0.0445. The molecule has 0 aliphatic carbocycles. The van der Waals surface area contributed by atoms with E-state index in [0.29, 0.717) is 5.69 Å². The third-order valence-corrected chi connectivity index (χ3v) is 2.71. The summed E-state index contributed by atoms with van der Waals surface area (Å²) < 4.78 is 0.752. The van der Waals surface area contributed by atoms with Crippen LogP contribution in [0.3, 0.4) is 0 Å². The van der Waals surface area contributed by atoms with Crippen molar-refractivity contribution in [1.29, 1.82) is 0 Å². The summed E-state index contributed by atoms with van der Waals surface area (Å²) >= 11 is 3.24. The molecule has 15 heavy (non-hydrogen) atoms. The van der Waals surface area contributed by atoms with Crippen LogP contribution in [0.5, 0.6) is 5.75 Å². The standard InChI is InChI=1S/C10H8BrNO3/c11-6-1-2-9(14)8(3-6)12-5-7(13)4-10(12)15/h1-3,14H,4-5H2. The number of ketones is 1. The van der Waals surface area contributed by atoms with Crippen molar-refractivity contribution < 1.29 is 14.7 Å². The van der Waals surface area contributed by atoms with Gasteiger partial charge in [0, 0.05) is 4.47 Å². The van der Waals surface area contributed by atoms with E-state index in [-0.39, 0.29) is 30.4 Å². The highest BCUT2D eigenvalue weighted by molar-refractivity contribution is 9.10. The predicted octanol–water partition coefficient (Wildman–Crippen LogP) is 1.46. The van der Waals surface area contributed by atoms with Gasteiger partial charge in [0.05, 0.1) is 18.7 Å². The van der Waals surface area contributed by atoms with Gasteiger partial charge in [-0.1, -0.05) is 15.9 Å². The van der Waals surface area contributed by atoms with Crippen LogP contribution in [-0.4, -0.2) is 23.3 Å². The molecule has 4 nitrogen and oxygen atoms in total. The summed E-state index contributed by atoms with van der Waals surface area (Å²) in [6.07, 6.45) is -0.0774. The molecule has 0 bridgehead atoms. The maximum Gasteiger partial charge on any atom is 0.235 e. The van der Waals surface area contributed by atoms with Crippen LogP contribution >= 0.6 is 15.9 Å². The summed E-state index contributed by atoms with van der Waals surface area (Å²) in [6, 6.07) is 4.77. The van der Waals surface area contributed by atoms with E-state index < -0.39 is 0 Å². The minimum Gasteiger partial charge on any atom is -0.506 e. The first kappa shape index (κ1) is 10.2. The topological polar surface area (TPSA) is 57.6 Å². The molecule has 1 saturated heterocycles. The normalized spacial score (nSPS) is 16.2. The minimum atomic E-state index is -0.270. The molecule has 0 atom stereocenters. The molecular formula is C10H8BrNO3. The van der Waals surface area contributed by atoms with Gasteiger partial charge in [0.2, 0.25) is 5.91 Å². The minimum absolute atomic E-state index is 0.00116. The first-order valence-corrected chi connectivity index (χ1v) is 5.18. The molecule has 1 N–H and O–H groups in total. The molecule has 1 fully saturated rings. The van der Waals surface area contributed by atoms with Crippen molar-refractivity contribution in [2.75, 3.05) is 11.4 Å². The number of amides is 1. The molecule has 0 radical (unpaired) electrons. The number of anilines is 1. The van der Waals surface area contributed by atoms with E-state index in [4.69, 9.17) is 0 Å². The van der Waals surface area contributed by atoms with Crippen LogP contribution in [0.25, 0.3) is 0 Å². The summed E-state index contributed by atoms with van der Waals surface area (Å²) in [7, 11) is 0. The Bertz CT molecular complexity index is 444. The number of halogens is 1. The second-order valence-electron chi connectivity index (χ2n) is 3.33. The fraction of sp³-hybridized carbons (Fsp3) is 0.200.